The molecule has 0 radical (unpaired) electrons. The second-order valence-corrected chi connectivity index (χ2v) is 10.3. The zero-order valence-electron chi connectivity index (χ0n) is 19.8. The summed E-state index contributed by atoms with van der Waals surface area (Å²) in [6.07, 6.45) is 0. The van der Waals surface area contributed by atoms with Crippen LogP contribution in [0.4, 0.5) is 5.69 Å². The van der Waals surface area contributed by atoms with E-state index in [9.17, 15) is 18.0 Å². The normalized spacial score (nSPS) is 12.0. The lowest BCUT2D eigenvalue weighted by atomic mass is 10.1. The molecule has 9 heteroatoms. The SMILES string of the molecule is CNC(=O)C(C)N(Cc1ccccc1C)C(=O)CN(c1ccc(Cl)cc1)S(=O)(=O)c1ccccc1. The molecular formula is C26H28ClN3O4S. The van der Waals surface area contributed by atoms with Crippen LogP contribution in [0.5, 0.6) is 0 Å². The van der Waals surface area contributed by atoms with Gasteiger partial charge in [-0.05, 0) is 61.4 Å². The van der Waals surface area contributed by atoms with Crippen molar-refractivity contribution in [3.05, 3.63) is 95.0 Å². The summed E-state index contributed by atoms with van der Waals surface area (Å²) in [6.45, 7) is 3.20. The first-order valence-corrected chi connectivity index (χ1v) is 12.9. The molecule has 1 atom stereocenters. The Morgan fingerprint density at radius 1 is 0.943 bits per heavy atom. The first-order chi connectivity index (χ1) is 16.6. The Morgan fingerprint density at radius 2 is 1.54 bits per heavy atom. The number of hydrogen-bond acceptors (Lipinski definition) is 4. The van der Waals surface area contributed by atoms with Crippen LogP contribution in [0.3, 0.4) is 0 Å². The van der Waals surface area contributed by atoms with Crippen molar-refractivity contribution in [3.8, 4) is 0 Å². The van der Waals surface area contributed by atoms with Crippen molar-refractivity contribution in [2.45, 2.75) is 31.3 Å². The number of nitrogens with zero attached hydrogens (tertiary/aromatic N) is 2. The van der Waals surface area contributed by atoms with Crippen LogP contribution in [0.15, 0.2) is 83.8 Å². The number of hydrogen-bond donors (Lipinski definition) is 1. The fraction of sp³-hybridized carbons (Fsp3) is 0.231. The summed E-state index contributed by atoms with van der Waals surface area (Å²) >= 11 is 6.01. The van der Waals surface area contributed by atoms with E-state index in [1.807, 2.05) is 31.2 Å². The highest BCUT2D eigenvalue weighted by Gasteiger charge is 2.32. The summed E-state index contributed by atoms with van der Waals surface area (Å²) < 4.78 is 28.2. The van der Waals surface area contributed by atoms with Crippen molar-refractivity contribution >= 4 is 39.1 Å². The topological polar surface area (TPSA) is 86.8 Å². The fourth-order valence-electron chi connectivity index (χ4n) is 3.62. The summed E-state index contributed by atoms with van der Waals surface area (Å²) in [4.78, 5) is 27.6. The number of sulfonamides is 1. The maximum Gasteiger partial charge on any atom is 0.264 e. The molecule has 0 bridgehead atoms. The molecule has 0 saturated carbocycles. The third kappa shape index (κ3) is 6.21. The Labute approximate surface area is 211 Å². The van der Waals surface area contributed by atoms with Gasteiger partial charge in [0, 0.05) is 18.6 Å². The summed E-state index contributed by atoms with van der Waals surface area (Å²) in [7, 11) is -2.59. The van der Waals surface area contributed by atoms with Gasteiger partial charge in [0.2, 0.25) is 11.8 Å². The predicted molar refractivity (Wildman–Crippen MR) is 138 cm³/mol. The second-order valence-electron chi connectivity index (χ2n) is 8.04. The molecule has 0 aliphatic heterocycles. The molecule has 0 fully saturated rings. The number of nitrogens with one attached hydrogen (secondary N) is 1. The fourth-order valence-corrected chi connectivity index (χ4v) is 5.18. The average molecular weight is 514 g/mol. The van der Waals surface area contributed by atoms with Gasteiger partial charge in [0.25, 0.3) is 10.0 Å². The maximum atomic E-state index is 13.7. The predicted octanol–water partition coefficient (Wildman–Crippen LogP) is 4.01. The van der Waals surface area contributed by atoms with E-state index >= 15 is 0 Å². The third-order valence-electron chi connectivity index (χ3n) is 5.74. The van der Waals surface area contributed by atoms with Crippen molar-refractivity contribution < 1.29 is 18.0 Å². The molecule has 3 aromatic rings. The first-order valence-electron chi connectivity index (χ1n) is 11.0. The number of carbonyl (C=O) groups is 2. The van der Waals surface area contributed by atoms with Gasteiger partial charge in [-0.2, -0.15) is 0 Å². The molecule has 0 spiro atoms. The number of likely N-dealkylation sites (N-methyl/N-ethyl adjacent to an activating group) is 1. The van der Waals surface area contributed by atoms with E-state index in [0.717, 1.165) is 15.4 Å². The smallest absolute Gasteiger partial charge is 0.264 e. The molecular weight excluding hydrogens is 486 g/mol. The van der Waals surface area contributed by atoms with E-state index in [-0.39, 0.29) is 23.0 Å². The van der Waals surface area contributed by atoms with Gasteiger partial charge in [0.1, 0.15) is 12.6 Å². The minimum absolute atomic E-state index is 0.0487. The van der Waals surface area contributed by atoms with Crippen molar-refractivity contribution in [3.63, 3.8) is 0 Å². The lowest BCUT2D eigenvalue weighted by Crippen LogP contribution is -2.50. The summed E-state index contributed by atoms with van der Waals surface area (Å²) in [5.74, 6) is -0.866. The van der Waals surface area contributed by atoms with Crippen LogP contribution >= 0.6 is 11.6 Å². The monoisotopic (exact) mass is 513 g/mol. The Hall–Kier alpha value is -3.36. The number of halogens is 1. The number of rotatable bonds is 9. The van der Waals surface area contributed by atoms with Gasteiger partial charge in [-0.1, -0.05) is 54.1 Å². The Kier molecular flexibility index (Phi) is 8.53. The van der Waals surface area contributed by atoms with Crippen LogP contribution in [0.25, 0.3) is 0 Å². The molecule has 0 aromatic heterocycles. The standard InChI is InChI=1S/C26H28ClN3O4S/c1-19-9-7-8-10-21(19)17-29(20(2)26(32)28-3)25(31)18-30(23-15-13-22(27)14-16-23)35(33,34)24-11-5-4-6-12-24/h4-16,20H,17-18H2,1-3H3,(H,28,32). The molecule has 0 saturated heterocycles. The lowest BCUT2D eigenvalue weighted by Gasteiger charge is -2.32. The van der Waals surface area contributed by atoms with Crippen molar-refractivity contribution in [1.29, 1.82) is 0 Å². The zero-order valence-corrected chi connectivity index (χ0v) is 21.4. The minimum Gasteiger partial charge on any atom is -0.357 e. The van der Waals surface area contributed by atoms with Gasteiger partial charge in [-0.3, -0.25) is 13.9 Å². The summed E-state index contributed by atoms with van der Waals surface area (Å²) in [6, 6.07) is 20.8. The van der Waals surface area contributed by atoms with E-state index in [1.165, 1.54) is 24.1 Å². The Bertz CT molecular complexity index is 1280. The van der Waals surface area contributed by atoms with E-state index in [2.05, 4.69) is 5.32 Å². The molecule has 0 heterocycles. The maximum absolute atomic E-state index is 13.7. The van der Waals surface area contributed by atoms with Gasteiger partial charge in [0.05, 0.1) is 10.6 Å². The van der Waals surface area contributed by atoms with Crippen LogP contribution in [0.2, 0.25) is 5.02 Å². The van der Waals surface area contributed by atoms with Crippen LogP contribution in [0.1, 0.15) is 18.1 Å². The molecule has 3 aromatic carbocycles. The average Bonchev–Trinajstić information content (AvgIpc) is 2.86. The molecule has 35 heavy (non-hydrogen) atoms. The zero-order chi connectivity index (χ0) is 25.6. The van der Waals surface area contributed by atoms with Gasteiger partial charge in [-0.15, -0.1) is 0 Å². The van der Waals surface area contributed by atoms with Crippen molar-refractivity contribution in [2.24, 2.45) is 0 Å². The van der Waals surface area contributed by atoms with Gasteiger partial charge in [-0.25, -0.2) is 8.42 Å². The van der Waals surface area contributed by atoms with Crippen molar-refractivity contribution in [1.82, 2.24) is 10.2 Å². The number of amides is 2. The number of carbonyl (C=O) groups excluding carboxylic acids is 2. The highest BCUT2D eigenvalue weighted by atomic mass is 35.5. The summed E-state index contributed by atoms with van der Waals surface area (Å²) in [5.41, 5.74) is 2.11. The quantitative estimate of drug-likeness (QED) is 0.468. The molecule has 2 amide bonds. The molecule has 3 rings (SSSR count). The van der Waals surface area contributed by atoms with Gasteiger partial charge < -0.3 is 10.2 Å². The first kappa shape index (κ1) is 26.2. The number of benzene rings is 3. The molecule has 0 aliphatic carbocycles. The van der Waals surface area contributed by atoms with Crippen LogP contribution in [0, 0.1) is 6.92 Å². The van der Waals surface area contributed by atoms with E-state index in [1.54, 1.807) is 49.4 Å². The van der Waals surface area contributed by atoms with E-state index in [0.29, 0.717) is 5.02 Å². The number of aryl methyl sites for hydroxylation is 1. The molecule has 1 unspecified atom stereocenters. The highest BCUT2D eigenvalue weighted by molar-refractivity contribution is 7.92. The minimum atomic E-state index is -4.09. The van der Waals surface area contributed by atoms with E-state index < -0.39 is 28.5 Å². The van der Waals surface area contributed by atoms with E-state index in [4.69, 9.17) is 11.6 Å². The van der Waals surface area contributed by atoms with Crippen LogP contribution in [-0.4, -0.2) is 44.8 Å². The second kappa shape index (κ2) is 11.4. The molecule has 7 nitrogen and oxygen atoms in total. The molecule has 1 N–H and O–H groups in total. The van der Waals surface area contributed by atoms with Crippen LogP contribution < -0.4 is 9.62 Å². The molecule has 0 aliphatic rings. The van der Waals surface area contributed by atoms with Gasteiger partial charge >= 0.3 is 0 Å². The van der Waals surface area contributed by atoms with Crippen molar-refractivity contribution in [2.75, 3.05) is 17.9 Å². The Balaban J connectivity index is 2.02. The Morgan fingerprint density at radius 3 is 2.14 bits per heavy atom. The summed E-state index contributed by atoms with van der Waals surface area (Å²) in [5, 5.41) is 3.01. The highest BCUT2D eigenvalue weighted by Crippen LogP contribution is 2.26. The van der Waals surface area contributed by atoms with Crippen LogP contribution in [-0.2, 0) is 26.2 Å². The lowest BCUT2D eigenvalue weighted by molar-refractivity contribution is -0.139. The van der Waals surface area contributed by atoms with Gasteiger partial charge in [0.15, 0.2) is 0 Å². The number of anilines is 1. The molecule has 184 valence electrons. The third-order valence-corrected chi connectivity index (χ3v) is 7.78. The largest absolute Gasteiger partial charge is 0.357 e.